The molecular formula is C15H13BrFNO. The molecule has 0 spiro atoms. The first-order valence-corrected chi connectivity index (χ1v) is 6.99. The van der Waals surface area contributed by atoms with E-state index in [2.05, 4.69) is 21.2 Å². The van der Waals surface area contributed by atoms with Gasteiger partial charge in [-0.05, 0) is 29.3 Å². The second kappa shape index (κ2) is 6.48. The largest absolute Gasteiger partial charge is 0.326 e. The maximum atomic E-state index is 13.4. The molecule has 0 aliphatic rings. The molecule has 0 aromatic heterocycles. The van der Waals surface area contributed by atoms with Gasteiger partial charge in [0.2, 0.25) is 5.91 Å². The summed E-state index contributed by atoms with van der Waals surface area (Å²) in [5, 5.41) is 3.52. The number of hydrogen-bond acceptors (Lipinski definition) is 1. The summed E-state index contributed by atoms with van der Waals surface area (Å²) in [5.74, 6) is -0.580. The average molecular weight is 322 g/mol. The number of hydrogen-bond donors (Lipinski definition) is 1. The van der Waals surface area contributed by atoms with Crippen LogP contribution in [0.2, 0.25) is 0 Å². The van der Waals surface area contributed by atoms with Crippen molar-refractivity contribution in [3.8, 4) is 0 Å². The Morgan fingerprint density at radius 3 is 2.42 bits per heavy atom. The number of benzene rings is 2. The van der Waals surface area contributed by atoms with Crippen LogP contribution in [0.15, 0.2) is 48.5 Å². The molecule has 4 heteroatoms. The quantitative estimate of drug-likeness (QED) is 0.850. The Morgan fingerprint density at radius 2 is 1.79 bits per heavy atom. The van der Waals surface area contributed by atoms with Crippen LogP contribution in [-0.2, 0) is 16.5 Å². The molecule has 2 nitrogen and oxygen atoms in total. The maximum absolute atomic E-state index is 13.4. The first kappa shape index (κ1) is 13.7. The van der Waals surface area contributed by atoms with Gasteiger partial charge in [0.15, 0.2) is 0 Å². The van der Waals surface area contributed by atoms with E-state index < -0.39 is 0 Å². The lowest BCUT2D eigenvalue weighted by Crippen LogP contribution is -2.15. The molecule has 98 valence electrons. The first-order valence-electron chi connectivity index (χ1n) is 5.87. The zero-order valence-corrected chi connectivity index (χ0v) is 11.8. The van der Waals surface area contributed by atoms with Gasteiger partial charge in [0.25, 0.3) is 0 Å². The van der Waals surface area contributed by atoms with Gasteiger partial charge in [-0.3, -0.25) is 4.79 Å². The number of anilines is 1. The highest BCUT2D eigenvalue weighted by Crippen LogP contribution is 2.13. The second-order valence-electron chi connectivity index (χ2n) is 4.15. The summed E-state index contributed by atoms with van der Waals surface area (Å²) >= 11 is 3.36. The molecule has 0 atom stereocenters. The molecule has 0 saturated carbocycles. The third-order valence-corrected chi connectivity index (χ3v) is 3.35. The van der Waals surface area contributed by atoms with Crippen LogP contribution < -0.4 is 5.32 Å². The lowest BCUT2D eigenvalue weighted by atomic mass is 10.1. The number of amides is 1. The van der Waals surface area contributed by atoms with Crippen molar-refractivity contribution in [3.63, 3.8) is 0 Å². The van der Waals surface area contributed by atoms with Crippen molar-refractivity contribution in [2.24, 2.45) is 0 Å². The van der Waals surface area contributed by atoms with Crippen LogP contribution in [0.4, 0.5) is 10.1 Å². The van der Waals surface area contributed by atoms with Gasteiger partial charge in [0.05, 0.1) is 6.42 Å². The zero-order chi connectivity index (χ0) is 13.7. The van der Waals surface area contributed by atoms with Gasteiger partial charge in [-0.25, -0.2) is 4.39 Å². The number of alkyl halides is 1. The van der Waals surface area contributed by atoms with Crippen molar-refractivity contribution < 1.29 is 9.18 Å². The standard InChI is InChI=1S/C15H13BrFNO/c16-10-11-5-7-13(8-6-11)18-15(19)9-12-3-1-2-4-14(12)17/h1-8H,9-10H2,(H,18,19). The van der Waals surface area contributed by atoms with Gasteiger partial charge in [-0.15, -0.1) is 0 Å². The molecule has 2 rings (SSSR count). The summed E-state index contributed by atoms with van der Waals surface area (Å²) in [7, 11) is 0. The SMILES string of the molecule is O=C(Cc1ccccc1F)Nc1ccc(CBr)cc1. The van der Waals surface area contributed by atoms with Crippen molar-refractivity contribution in [2.45, 2.75) is 11.8 Å². The Labute approximate surface area is 119 Å². The first-order chi connectivity index (χ1) is 9.19. The average Bonchev–Trinajstić information content (AvgIpc) is 2.42. The normalized spacial score (nSPS) is 10.2. The monoisotopic (exact) mass is 321 g/mol. The predicted octanol–water partition coefficient (Wildman–Crippen LogP) is 3.90. The van der Waals surface area contributed by atoms with Crippen molar-refractivity contribution in [2.75, 3.05) is 5.32 Å². The predicted molar refractivity (Wildman–Crippen MR) is 77.8 cm³/mol. The zero-order valence-electron chi connectivity index (χ0n) is 10.2. The molecule has 2 aromatic carbocycles. The Kier molecular flexibility index (Phi) is 4.68. The summed E-state index contributed by atoms with van der Waals surface area (Å²) < 4.78 is 13.4. The van der Waals surface area contributed by atoms with Crippen LogP contribution in [0.1, 0.15) is 11.1 Å². The molecule has 1 N–H and O–H groups in total. The van der Waals surface area contributed by atoms with Crippen LogP contribution in [0, 0.1) is 5.82 Å². The van der Waals surface area contributed by atoms with E-state index in [4.69, 9.17) is 0 Å². The van der Waals surface area contributed by atoms with Crippen LogP contribution in [0.5, 0.6) is 0 Å². The van der Waals surface area contributed by atoms with Crippen LogP contribution in [0.3, 0.4) is 0 Å². The molecule has 0 saturated heterocycles. The number of nitrogens with one attached hydrogen (secondary N) is 1. The molecule has 1 amide bonds. The molecular weight excluding hydrogens is 309 g/mol. The third kappa shape index (κ3) is 3.89. The fraction of sp³-hybridized carbons (Fsp3) is 0.133. The molecule has 0 fully saturated rings. The van der Waals surface area contributed by atoms with Gasteiger partial charge >= 0.3 is 0 Å². The summed E-state index contributed by atoms with van der Waals surface area (Å²) in [6.45, 7) is 0. The molecule has 0 aliphatic heterocycles. The molecule has 0 bridgehead atoms. The fourth-order valence-electron chi connectivity index (χ4n) is 1.70. The number of halogens is 2. The van der Waals surface area contributed by atoms with E-state index in [-0.39, 0.29) is 18.1 Å². The van der Waals surface area contributed by atoms with Crippen molar-refractivity contribution >= 4 is 27.5 Å². The molecule has 19 heavy (non-hydrogen) atoms. The van der Waals surface area contributed by atoms with E-state index in [1.54, 1.807) is 18.2 Å². The minimum absolute atomic E-state index is 0.0346. The molecule has 0 heterocycles. The van der Waals surface area contributed by atoms with E-state index >= 15 is 0 Å². The van der Waals surface area contributed by atoms with Gasteiger partial charge in [0, 0.05) is 11.0 Å². The lowest BCUT2D eigenvalue weighted by molar-refractivity contribution is -0.115. The van der Waals surface area contributed by atoms with Crippen LogP contribution >= 0.6 is 15.9 Å². The fourth-order valence-corrected chi connectivity index (χ4v) is 2.07. The van der Waals surface area contributed by atoms with Gasteiger partial charge < -0.3 is 5.32 Å². The van der Waals surface area contributed by atoms with Gasteiger partial charge in [0.1, 0.15) is 5.82 Å². The summed E-state index contributed by atoms with van der Waals surface area (Å²) in [5.41, 5.74) is 2.25. The summed E-state index contributed by atoms with van der Waals surface area (Å²) in [4.78, 5) is 11.8. The number of carbonyl (C=O) groups excluding carboxylic acids is 1. The number of rotatable bonds is 4. The Hall–Kier alpha value is -1.68. The molecule has 0 aliphatic carbocycles. The van der Waals surface area contributed by atoms with E-state index in [1.807, 2.05) is 24.3 Å². The van der Waals surface area contributed by atoms with Crippen molar-refractivity contribution in [3.05, 3.63) is 65.5 Å². The van der Waals surface area contributed by atoms with Crippen molar-refractivity contribution in [1.29, 1.82) is 0 Å². The molecule has 2 aromatic rings. The third-order valence-electron chi connectivity index (χ3n) is 2.70. The van der Waals surface area contributed by atoms with Crippen LogP contribution in [-0.4, -0.2) is 5.91 Å². The second-order valence-corrected chi connectivity index (χ2v) is 4.71. The molecule has 0 unspecified atom stereocenters. The number of carbonyl (C=O) groups is 1. The lowest BCUT2D eigenvalue weighted by Gasteiger charge is -2.06. The topological polar surface area (TPSA) is 29.1 Å². The Bertz CT molecular complexity index is 569. The summed E-state index contributed by atoms with van der Waals surface area (Å²) in [6.07, 6.45) is 0.0346. The van der Waals surface area contributed by atoms with E-state index in [9.17, 15) is 9.18 Å². The Balaban J connectivity index is 1.99. The smallest absolute Gasteiger partial charge is 0.228 e. The summed E-state index contributed by atoms with van der Waals surface area (Å²) in [6, 6.07) is 13.8. The Morgan fingerprint density at radius 1 is 1.11 bits per heavy atom. The van der Waals surface area contributed by atoms with Crippen LogP contribution in [0.25, 0.3) is 0 Å². The van der Waals surface area contributed by atoms with Gasteiger partial charge in [-0.1, -0.05) is 46.3 Å². The molecule has 0 radical (unpaired) electrons. The van der Waals surface area contributed by atoms with E-state index in [0.717, 1.165) is 10.9 Å². The van der Waals surface area contributed by atoms with E-state index in [0.29, 0.717) is 11.3 Å². The van der Waals surface area contributed by atoms with E-state index in [1.165, 1.54) is 6.07 Å². The highest BCUT2D eigenvalue weighted by molar-refractivity contribution is 9.08. The minimum atomic E-state index is -0.354. The highest BCUT2D eigenvalue weighted by Gasteiger charge is 2.07. The maximum Gasteiger partial charge on any atom is 0.228 e. The van der Waals surface area contributed by atoms with Crippen molar-refractivity contribution in [1.82, 2.24) is 0 Å². The minimum Gasteiger partial charge on any atom is -0.326 e. The highest BCUT2D eigenvalue weighted by atomic mass is 79.9. The van der Waals surface area contributed by atoms with Gasteiger partial charge in [-0.2, -0.15) is 0 Å².